The summed E-state index contributed by atoms with van der Waals surface area (Å²) in [5.41, 5.74) is 0.506. The summed E-state index contributed by atoms with van der Waals surface area (Å²) in [6.45, 7) is 2.70. The molecule has 1 aromatic rings. The Balaban J connectivity index is 0.00000242. The van der Waals surface area contributed by atoms with E-state index in [2.05, 4.69) is 5.32 Å². The van der Waals surface area contributed by atoms with E-state index < -0.39 is 24.5 Å². The molecule has 1 aliphatic rings. The van der Waals surface area contributed by atoms with Crippen molar-refractivity contribution < 1.29 is 17.6 Å². The van der Waals surface area contributed by atoms with Gasteiger partial charge in [-0.05, 0) is 30.2 Å². The van der Waals surface area contributed by atoms with Gasteiger partial charge in [-0.1, -0.05) is 11.6 Å². The van der Waals surface area contributed by atoms with Crippen LogP contribution in [0.1, 0.15) is 24.4 Å². The molecule has 1 atom stereocenters. The van der Waals surface area contributed by atoms with E-state index in [0.29, 0.717) is 31.7 Å². The van der Waals surface area contributed by atoms with Crippen molar-refractivity contribution in [3.8, 4) is 0 Å². The van der Waals surface area contributed by atoms with Crippen LogP contribution in [0, 0.1) is 5.82 Å². The zero-order valence-electron chi connectivity index (χ0n) is 11.8. The molecule has 1 aromatic carbocycles. The van der Waals surface area contributed by atoms with Gasteiger partial charge in [0.25, 0.3) is 0 Å². The van der Waals surface area contributed by atoms with Gasteiger partial charge in [0, 0.05) is 43.7 Å². The van der Waals surface area contributed by atoms with Crippen LogP contribution in [0.25, 0.3) is 0 Å². The summed E-state index contributed by atoms with van der Waals surface area (Å²) in [6.07, 6.45) is -5.21. The van der Waals surface area contributed by atoms with Crippen LogP contribution < -0.4 is 5.32 Å². The molecule has 0 aromatic heterocycles. The Labute approximate surface area is 138 Å². The summed E-state index contributed by atoms with van der Waals surface area (Å²) in [5.74, 6) is -0.523. The second kappa shape index (κ2) is 8.34. The van der Waals surface area contributed by atoms with Crippen LogP contribution in [0.15, 0.2) is 18.2 Å². The minimum Gasteiger partial charge on any atom is -0.314 e. The molecule has 0 saturated carbocycles. The lowest BCUT2D eigenvalue weighted by Gasteiger charge is -2.35. The molecule has 1 fully saturated rings. The van der Waals surface area contributed by atoms with Crippen molar-refractivity contribution in [1.82, 2.24) is 10.2 Å². The predicted molar refractivity (Wildman–Crippen MR) is 81.1 cm³/mol. The number of hydrogen-bond donors (Lipinski definition) is 1. The molecule has 2 rings (SSSR count). The van der Waals surface area contributed by atoms with Crippen molar-refractivity contribution in [3.63, 3.8) is 0 Å². The summed E-state index contributed by atoms with van der Waals surface area (Å²) >= 11 is 5.83. The molecule has 22 heavy (non-hydrogen) atoms. The largest absolute Gasteiger partial charge is 0.389 e. The normalized spacial score (nSPS) is 17.9. The Morgan fingerprint density at radius 3 is 2.36 bits per heavy atom. The van der Waals surface area contributed by atoms with E-state index in [-0.39, 0.29) is 23.9 Å². The summed E-state index contributed by atoms with van der Waals surface area (Å²) in [7, 11) is 0. The summed E-state index contributed by atoms with van der Waals surface area (Å²) in [5, 5.41) is 3.36. The highest BCUT2D eigenvalue weighted by atomic mass is 35.5. The molecule has 1 aliphatic heterocycles. The average molecular weight is 361 g/mol. The summed E-state index contributed by atoms with van der Waals surface area (Å²) < 4.78 is 51.1. The molecule has 1 N–H and O–H groups in total. The van der Waals surface area contributed by atoms with E-state index in [0.717, 1.165) is 6.07 Å². The van der Waals surface area contributed by atoms with Crippen LogP contribution in [0.4, 0.5) is 17.6 Å². The van der Waals surface area contributed by atoms with Crippen molar-refractivity contribution in [3.05, 3.63) is 34.6 Å². The van der Waals surface area contributed by atoms with E-state index in [1.807, 2.05) is 4.90 Å². The smallest absolute Gasteiger partial charge is 0.314 e. The number of benzene rings is 1. The molecule has 0 aliphatic carbocycles. The van der Waals surface area contributed by atoms with E-state index in [1.165, 1.54) is 6.07 Å². The Morgan fingerprint density at radius 2 is 1.82 bits per heavy atom. The van der Waals surface area contributed by atoms with Gasteiger partial charge in [-0.3, -0.25) is 4.90 Å². The van der Waals surface area contributed by atoms with Gasteiger partial charge in [-0.25, -0.2) is 4.39 Å². The minimum atomic E-state index is -4.22. The van der Waals surface area contributed by atoms with Crippen LogP contribution in [-0.4, -0.2) is 37.3 Å². The maximum atomic E-state index is 13.5. The number of nitrogens with zero attached hydrogens (tertiary/aromatic N) is 1. The van der Waals surface area contributed by atoms with E-state index >= 15 is 0 Å². The predicted octanol–water partition coefficient (Wildman–Crippen LogP) is 4.19. The number of hydrogen-bond acceptors (Lipinski definition) is 2. The van der Waals surface area contributed by atoms with Gasteiger partial charge in [0.15, 0.2) is 0 Å². The van der Waals surface area contributed by atoms with Gasteiger partial charge in [0.05, 0.1) is 0 Å². The average Bonchev–Trinajstić information content (AvgIpc) is 2.37. The summed E-state index contributed by atoms with van der Waals surface area (Å²) in [6, 6.07) is 3.51. The standard InChI is InChI=1S/C14H17ClF4N2.ClH/c15-11-7-10(8-12(16)9-11)13(1-2-14(17,18)19)21-5-3-20-4-6-21;/h7-9,13,20H,1-6H2;1H/t13-;/m0./s1. The van der Waals surface area contributed by atoms with Crippen LogP contribution in [-0.2, 0) is 0 Å². The zero-order valence-corrected chi connectivity index (χ0v) is 13.4. The Bertz CT molecular complexity index is 456. The molecule has 2 nitrogen and oxygen atoms in total. The maximum absolute atomic E-state index is 13.5. The first-order valence-corrected chi connectivity index (χ1v) is 7.20. The number of piperazine rings is 1. The van der Waals surface area contributed by atoms with Crippen LogP contribution in [0.2, 0.25) is 5.02 Å². The van der Waals surface area contributed by atoms with E-state index in [4.69, 9.17) is 11.6 Å². The lowest BCUT2D eigenvalue weighted by atomic mass is 9.99. The quantitative estimate of drug-likeness (QED) is 0.809. The van der Waals surface area contributed by atoms with Crippen LogP contribution in [0.3, 0.4) is 0 Å². The van der Waals surface area contributed by atoms with Gasteiger partial charge in [-0.15, -0.1) is 12.4 Å². The monoisotopic (exact) mass is 360 g/mol. The lowest BCUT2D eigenvalue weighted by Crippen LogP contribution is -2.45. The van der Waals surface area contributed by atoms with E-state index in [1.54, 1.807) is 6.07 Å². The third-order valence-corrected chi connectivity index (χ3v) is 3.78. The van der Waals surface area contributed by atoms with Crippen molar-refractivity contribution in [2.24, 2.45) is 0 Å². The number of rotatable bonds is 4. The molecule has 0 spiro atoms. The second-order valence-electron chi connectivity index (χ2n) is 5.16. The molecular formula is C14H18Cl2F4N2. The van der Waals surface area contributed by atoms with Gasteiger partial charge in [0.1, 0.15) is 5.82 Å². The highest BCUT2D eigenvalue weighted by molar-refractivity contribution is 6.30. The first-order chi connectivity index (χ1) is 9.85. The molecule has 0 bridgehead atoms. The van der Waals surface area contributed by atoms with Crippen molar-refractivity contribution in [2.75, 3.05) is 26.2 Å². The molecule has 8 heteroatoms. The first-order valence-electron chi connectivity index (χ1n) is 6.83. The van der Waals surface area contributed by atoms with Crippen LogP contribution >= 0.6 is 24.0 Å². The Hall–Kier alpha value is -0.560. The molecule has 1 saturated heterocycles. The number of alkyl halides is 3. The molecule has 0 radical (unpaired) electrons. The molecule has 0 unspecified atom stereocenters. The highest BCUT2D eigenvalue weighted by Crippen LogP contribution is 2.33. The molecule has 0 amide bonds. The van der Waals surface area contributed by atoms with Crippen molar-refractivity contribution in [2.45, 2.75) is 25.1 Å². The van der Waals surface area contributed by atoms with Gasteiger partial charge >= 0.3 is 6.18 Å². The minimum absolute atomic E-state index is 0. The first kappa shape index (κ1) is 19.5. The zero-order chi connectivity index (χ0) is 15.5. The fourth-order valence-electron chi connectivity index (χ4n) is 2.62. The fourth-order valence-corrected chi connectivity index (χ4v) is 2.85. The van der Waals surface area contributed by atoms with Crippen molar-refractivity contribution in [1.29, 1.82) is 0 Å². The Kier molecular flexibility index (Phi) is 7.38. The SMILES string of the molecule is Cl.Fc1cc(Cl)cc([C@H](CCC(F)(F)F)N2CCNCC2)c1. The Morgan fingerprint density at radius 1 is 1.18 bits per heavy atom. The number of nitrogens with one attached hydrogen (secondary N) is 1. The maximum Gasteiger partial charge on any atom is 0.389 e. The van der Waals surface area contributed by atoms with Gasteiger partial charge in [-0.2, -0.15) is 13.2 Å². The molecule has 126 valence electrons. The highest BCUT2D eigenvalue weighted by Gasteiger charge is 2.31. The molecular weight excluding hydrogens is 343 g/mol. The third kappa shape index (κ3) is 5.91. The fraction of sp³-hybridized carbons (Fsp3) is 0.571. The molecule has 1 heterocycles. The topological polar surface area (TPSA) is 15.3 Å². The third-order valence-electron chi connectivity index (χ3n) is 3.56. The van der Waals surface area contributed by atoms with E-state index in [9.17, 15) is 17.6 Å². The second-order valence-corrected chi connectivity index (χ2v) is 5.59. The number of halogens is 6. The summed E-state index contributed by atoms with van der Waals surface area (Å²) in [4.78, 5) is 1.95. The lowest BCUT2D eigenvalue weighted by molar-refractivity contribution is -0.138. The van der Waals surface area contributed by atoms with Gasteiger partial charge in [0.2, 0.25) is 0 Å². The van der Waals surface area contributed by atoms with Crippen LogP contribution in [0.5, 0.6) is 0 Å². The van der Waals surface area contributed by atoms with Gasteiger partial charge < -0.3 is 5.32 Å². The van der Waals surface area contributed by atoms with Crippen molar-refractivity contribution >= 4 is 24.0 Å².